The Morgan fingerprint density at radius 3 is 2.82 bits per heavy atom. The number of para-hydroxylation sites is 1. The highest BCUT2D eigenvalue weighted by Crippen LogP contribution is 2.14. The highest BCUT2D eigenvalue weighted by Gasteiger charge is 2.11. The third kappa shape index (κ3) is 3.67. The van der Waals surface area contributed by atoms with E-state index in [4.69, 9.17) is 5.73 Å². The number of nitrogens with one attached hydrogen (secondary N) is 1. The Bertz CT molecular complexity index is 646. The zero-order chi connectivity index (χ0) is 15.2. The molecule has 0 atom stereocenters. The fourth-order valence-electron chi connectivity index (χ4n) is 2.74. The Labute approximate surface area is 131 Å². The first-order valence-corrected chi connectivity index (χ1v) is 7.97. The van der Waals surface area contributed by atoms with Crippen LogP contribution in [-0.4, -0.2) is 42.0 Å². The smallest absolute Gasteiger partial charge is 0.191 e. The lowest BCUT2D eigenvalue weighted by Crippen LogP contribution is -2.41. The summed E-state index contributed by atoms with van der Waals surface area (Å²) in [6.07, 6.45) is 3.74. The van der Waals surface area contributed by atoms with Crippen LogP contribution in [0.4, 0.5) is 5.82 Å². The summed E-state index contributed by atoms with van der Waals surface area (Å²) in [6, 6.07) is 12.2. The standard InChI is InChI=1S/C17H23N5/c18-17(22-12-4-1-5-13-22)20-11-10-19-16-9-8-14-6-2-3-7-15(14)21-16/h2-3,6-9H,1,4-5,10-13H2,(H2,18,20)(H,19,21). The van der Waals surface area contributed by atoms with Gasteiger partial charge < -0.3 is 16.0 Å². The summed E-state index contributed by atoms with van der Waals surface area (Å²) in [5, 5.41) is 4.46. The van der Waals surface area contributed by atoms with Crippen LogP contribution in [-0.2, 0) is 0 Å². The zero-order valence-electron chi connectivity index (χ0n) is 12.8. The molecule has 1 saturated heterocycles. The van der Waals surface area contributed by atoms with Crippen LogP contribution in [0.5, 0.6) is 0 Å². The Morgan fingerprint density at radius 2 is 1.95 bits per heavy atom. The number of fused-ring (bicyclic) bond motifs is 1. The molecular formula is C17H23N5. The topological polar surface area (TPSA) is 66.5 Å². The van der Waals surface area contributed by atoms with E-state index in [9.17, 15) is 0 Å². The summed E-state index contributed by atoms with van der Waals surface area (Å²) in [4.78, 5) is 11.2. The van der Waals surface area contributed by atoms with Gasteiger partial charge in [0, 0.05) is 25.0 Å². The predicted molar refractivity (Wildman–Crippen MR) is 92.1 cm³/mol. The summed E-state index contributed by atoms with van der Waals surface area (Å²) in [6.45, 7) is 3.47. The molecule has 0 aliphatic carbocycles. The van der Waals surface area contributed by atoms with Crippen molar-refractivity contribution >= 4 is 22.7 Å². The summed E-state index contributed by atoms with van der Waals surface area (Å²) in [5.74, 6) is 1.55. The van der Waals surface area contributed by atoms with E-state index in [0.29, 0.717) is 12.5 Å². The van der Waals surface area contributed by atoms with Crippen LogP contribution in [0.2, 0.25) is 0 Å². The van der Waals surface area contributed by atoms with Crippen molar-refractivity contribution in [1.82, 2.24) is 9.88 Å². The molecular weight excluding hydrogens is 274 g/mol. The molecule has 3 N–H and O–H groups in total. The minimum Gasteiger partial charge on any atom is -0.370 e. The molecule has 3 rings (SSSR count). The molecule has 0 bridgehead atoms. The quantitative estimate of drug-likeness (QED) is 0.517. The second-order valence-corrected chi connectivity index (χ2v) is 5.60. The third-order valence-corrected chi connectivity index (χ3v) is 3.97. The molecule has 5 heteroatoms. The van der Waals surface area contributed by atoms with Crippen molar-refractivity contribution in [2.45, 2.75) is 19.3 Å². The first-order valence-electron chi connectivity index (χ1n) is 7.97. The monoisotopic (exact) mass is 297 g/mol. The Kier molecular flexibility index (Phi) is 4.73. The van der Waals surface area contributed by atoms with E-state index >= 15 is 0 Å². The van der Waals surface area contributed by atoms with Gasteiger partial charge in [0.2, 0.25) is 0 Å². The molecule has 1 aliphatic rings. The van der Waals surface area contributed by atoms with Gasteiger partial charge in [-0.2, -0.15) is 0 Å². The van der Waals surface area contributed by atoms with Crippen molar-refractivity contribution in [2.75, 3.05) is 31.5 Å². The molecule has 5 nitrogen and oxygen atoms in total. The van der Waals surface area contributed by atoms with Crippen LogP contribution < -0.4 is 11.1 Å². The van der Waals surface area contributed by atoms with Crippen LogP contribution in [0.25, 0.3) is 10.9 Å². The third-order valence-electron chi connectivity index (χ3n) is 3.97. The van der Waals surface area contributed by atoms with Gasteiger partial charge in [0.15, 0.2) is 5.96 Å². The van der Waals surface area contributed by atoms with Crippen molar-refractivity contribution < 1.29 is 0 Å². The van der Waals surface area contributed by atoms with Gasteiger partial charge in [0.1, 0.15) is 5.82 Å². The van der Waals surface area contributed by atoms with E-state index in [1.54, 1.807) is 0 Å². The average molecular weight is 297 g/mol. The number of guanidine groups is 1. The lowest BCUT2D eigenvalue weighted by Gasteiger charge is -2.27. The highest BCUT2D eigenvalue weighted by molar-refractivity contribution is 5.80. The number of nitrogens with zero attached hydrogens (tertiary/aromatic N) is 3. The molecule has 1 aliphatic heterocycles. The number of aliphatic imine (C=N–C) groups is 1. The van der Waals surface area contributed by atoms with Gasteiger partial charge in [-0.15, -0.1) is 0 Å². The Hall–Kier alpha value is -2.30. The van der Waals surface area contributed by atoms with Gasteiger partial charge in [-0.05, 0) is 37.5 Å². The SMILES string of the molecule is NC(=NCCNc1ccc2ccccc2n1)N1CCCCC1. The van der Waals surface area contributed by atoms with Crippen molar-refractivity contribution in [3.05, 3.63) is 36.4 Å². The van der Waals surface area contributed by atoms with E-state index in [0.717, 1.165) is 36.4 Å². The van der Waals surface area contributed by atoms with Crippen LogP contribution in [0, 0.1) is 0 Å². The van der Waals surface area contributed by atoms with Crippen LogP contribution >= 0.6 is 0 Å². The molecule has 0 radical (unpaired) electrons. The Morgan fingerprint density at radius 1 is 1.14 bits per heavy atom. The molecule has 1 aromatic heterocycles. The minimum atomic E-state index is 0.664. The summed E-state index contributed by atoms with van der Waals surface area (Å²) in [5.41, 5.74) is 7.04. The molecule has 2 aromatic rings. The van der Waals surface area contributed by atoms with Crippen molar-refractivity contribution in [3.63, 3.8) is 0 Å². The number of benzene rings is 1. The molecule has 1 fully saturated rings. The molecule has 22 heavy (non-hydrogen) atoms. The first kappa shape index (κ1) is 14.6. The van der Waals surface area contributed by atoms with Gasteiger partial charge in [0.05, 0.1) is 12.1 Å². The molecule has 0 unspecified atom stereocenters. The fraction of sp³-hybridized carbons (Fsp3) is 0.412. The zero-order valence-corrected chi connectivity index (χ0v) is 12.8. The molecule has 1 aromatic carbocycles. The second kappa shape index (κ2) is 7.11. The average Bonchev–Trinajstić information content (AvgIpc) is 2.59. The van der Waals surface area contributed by atoms with Gasteiger partial charge in [-0.25, -0.2) is 4.98 Å². The van der Waals surface area contributed by atoms with Gasteiger partial charge >= 0.3 is 0 Å². The maximum Gasteiger partial charge on any atom is 0.191 e. The Balaban J connectivity index is 1.51. The second-order valence-electron chi connectivity index (χ2n) is 5.60. The van der Waals surface area contributed by atoms with E-state index in [1.807, 2.05) is 24.3 Å². The highest BCUT2D eigenvalue weighted by atomic mass is 15.3. The lowest BCUT2D eigenvalue weighted by molar-refractivity contribution is 0.338. The van der Waals surface area contributed by atoms with Crippen LogP contribution in [0.3, 0.4) is 0 Å². The number of pyridine rings is 1. The number of likely N-dealkylation sites (tertiary alicyclic amines) is 1. The summed E-state index contributed by atoms with van der Waals surface area (Å²) in [7, 11) is 0. The number of nitrogens with two attached hydrogens (primary N) is 1. The van der Waals surface area contributed by atoms with Crippen molar-refractivity contribution in [3.8, 4) is 0 Å². The number of hydrogen-bond acceptors (Lipinski definition) is 3. The first-order chi connectivity index (χ1) is 10.8. The largest absolute Gasteiger partial charge is 0.370 e. The normalized spacial score (nSPS) is 16.0. The van der Waals surface area contributed by atoms with Crippen LogP contribution in [0.1, 0.15) is 19.3 Å². The summed E-state index contributed by atoms with van der Waals surface area (Å²) < 4.78 is 0. The number of piperidine rings is 1. The van der Waals surface area contributed by atoms with Gasteiger partial charge in [-0.3, -0.25) is 4.99 Å². The van der Waals surface area contributed by atoms with E-state index in [1.165, 1.54) is 19.3 Å². The van der Waals surface area contributed by atoms with E-state index in [2.05, 4.69) is 32.3 Å². The molecule has 116 valence electrons. The molecule has 2 heterocycles. The minimum absolute atomic E-state index is 0.664. The van der Waals surface area contributed by atoms with Crippen molar-refractivity contribution in [2.24, 2.45) is 10.7 Å². The maximum absolute atomic E-state index is 6.03. The van der Waals surface area contributed by atoms with Crippen LogP contribution in [0.15, 0.2) is 41.4 Å². The number of anilines is 1. The molecule has 0 spiro atoms. The molecule has 0 amide bonds. The molecule has 0 saturated carbocycles. The summed E-state index contributed by atoms with van der Waals surface area (Å²) >= 11 is 0. The number of hydrogen-bond donors (Lipinski definition) is 2. The fourth-order valence-corrected chi connectivity index (χ4v) is 2.74. The van der Waals surface area contributed by atoms with E-state index in [-0.39, 0.29) is 0 Å². The number of rotatable bonds is 4. The predicted octanol–water partition coefficient (Wildman–Crippen LogP) is 2.45. The van der Waals surface area contributed by atoms with Crippen molar-refractivity contribution in [1.29, 1.82) is 0 Å². The lowest BCUT2D eigenvalue weighted by atomic mass is 10.1. The number of aromatic nitrogens is 1. The van der Waals surface area contributed by atoms with E-state index < -0.39 is 0 Å². The van der Waals surface area contributed by atoms with Gasteiger partial charge in [-0.1, -0.05) is 18.2 Å². The maximum atomic E-state index is 6.03. The van der Waals surface area contributed by atoms with Gasteiger partial charge in [0.25, 0.3) is 0 Å².